The highest BCUT2D eigenvalue weighted by Gasteiger charge is 2.30. The van der Waals surface area contributed by atoms with Gasteiger partial charge in [-0.2, -0.15) is 8.99 Å². The van der Waals surface area contributed by atoms with Crippen molar-refractivity contribution in [3.05, 3.63) is 82.1 Å². The molecule has 0 bridgehead atoms. The van der Waals surface area contributed by atoms with E-state index in [0.717, 1.165) is 17.7 Å². The summed E-state index contributed by atoms with van der Waals surface area (Å²) in [6.07, 6.45) is 0.480. The lowest BCUT2D eigenvalue weighted by atomic mass is 10.2. The highest BCUT2D eigenvalue weighted by molar-refractivity contribution is 7.89. The van der Waals surface area contributed by atoms with Crippen LogP contribution in [0.1, 0.15) is 12.0 Å². The van der Waals surface area contributed by atoms with E-state index in [1.807, 2.05) is 36.1 Å². The van der Waals surface area contributed by atoms with Crippen LogP contribution in [0.4, 0.5) is 14.6 Å². The predicted molar refractivity (Wildman–Crippen MR) is 117 cm³/mol. The number of aryl methyl sites for hydroxylation is 1. The van der Waals surface area contributed by atoms with Crippen LogP contribution in [0.15, 0.2) is 64.3 Å². The average molecular weight is 461 g/mol. The Morgan fingerprint density at radius 1 is 0.906 bits per heavy atom. The van der Waals surface area contributed by atoms with Crippen LogP contribution in [-0.2, 0) is 10.0 Å². The number of hydrogen-bond donors (Lipinski definition) is 0. The fraction of sp³-hybridized carbons (Fsp3) is 0.273. The van der Waals surface area contributed by atoms with Gasteiger partial charge < -0.3 is 4.90 Å². The molecule has 0 unspecified atom stereocenters. The molecule has 4 rings (SSSR count). The Bertz CT molecular complexity index is 1290. The van der Waals surface area contributed by atoms with Gasteiger partial charge >= 0.3 is 0 Å². The van der Waals surface area contributed by atoms with Gasteiger partial charge in [0.2, 0.25) is 10.0 Å². The summed E-state index contributed by atoms with van der Waals surface area (Å²) in [5.74, 6) is -1.41. The molecule has 7 nitrogen and oxygen atoms in total. The van der Waals surface area contributed by atoms with Crippen LogP contribution in [-0.4, -0.2) is 48.7 Å². The summed E-state index contributed by atoms with van der Waals surface area (Å²) in [6.45, 7) is 3.06. The number of hydrogen-bond acceptors (Lipinski definition) is 5. The highest BCUT2D eigenvalue weighted by atomic mass is 32.2. The molecule has 1 aromatic heterocycles. The Hall–Kier alpha value is -3.11. The number of rotatable bonds is 4. The van der Waals surface area contributed by atoms with Crippen molar-refractivity contribution in [1.82, 2.24) is 14.1 Å². The molecule has 168 valence electrons. The number of nitrogens with zero attached hydrogens (tertiary/aromatic N) is 4. The number of halogens is 2. The SMILES string of the molecule is Cc1ccc(-n2nc(N3CCCN(S(=O)(=O)c4ccc(F)cc4F)CC3)ccc2=O)cc1. The summed E-state index contributed by atoms with van der Waals surface area (Å²) in [5.41, 5.74) is 1.42. The maximum atomic E-state index is 14.1. The van der Waals surface area contributed by atoms with Crippen LogP contribution in [0.3, 0.4) is 0 Å². The number of aromatic nitrogens is 2. The Morgan fingerprint density at radius 3 is 2.38 bits per heavy atom. The van der Waals surface area contributed by atoms with Gasteiger partial charge in [-0.05, 0) is 43.7 Å². The van der Waals surface area contributed by atoms with Gasteiger partial charge in [-0.25, -0.2) is 17.2 Å². The van der Waals surface area contributed by atoms with E-state index in [0.29, 0.717) is 37.1 Å². The molecule has 0 radical (unpaired) electrons. The molecule has 32 heavy (non-hydrogen) atoms. The van der Waals surface area contributed by atoms with Crippen LogP contribution in [0.25, 0.3) is 5.69 Å². The first kappa shape index (κ1) is 22.1. The largest absolute Gasteiger partial charge is 0.354 e. The third-order valence-corrected chi connectivity index (χ3v) is 7.29. The lowest BCUT2D eigenvalue weighted by Crippen LogP contribution is -2.36. The van der Waals surface area contributed by atoms with Gasteiger partial charge in [-0.1, -0.05) is 17.7 Å². The normalized spacial score (nSPS) is 15.5. The molecule has 0 N–H and O–H groups in total. The lowest BCUT2D eigenvalue weighted by molar-refractivity contribution is 0.428. The molecule has 2 aromatic carbocycles. The molecule has 1 aliphatic rings. The molecule has 0 aliphatic carbocycles. The van der Waals surface area contributed by atoms with E-state index < -0.39 is 26.6 Å². The molecule has 0 saturated carbocycles. The summed E-state index contributed by atoms with van der Waals surface area (Å²) in [5, 5.41) is 4.47. The minimum Gasteiger partial charge on any atom is -0.354 e. The first-order valence-corrected chi connectivity index (χ1v) is 11.6. The maximum absolute atomic E-state index is 14.1. The van der Waals surface area contributed by atoms with Crippen LogP contribution in [0.2, 0.25) is 0 Å². The van der Waals surface area contributed by atoms with Crippen molar-refractivity contribution in [2.75, 3.05) is 31.1 Å². The third-order valence-electron chi connectivity index (χ3n) is 5.36. The van der Waals surface area contributed by atoms with E-state index in [1.54, 1.807) is 6.07 Å². The Balaban J connectivity index is 1.57. The minimum absolute atomic E-state index is 0.102. The van der Waals surface area contributed by atoms with E-state index in [9.17, 15) is 22.0 Å². The molecule has 0 amide bonds. The summed E-state index contributed by atoms with van der Waals surface area (Å²) >= 11 is 0. The van der Waals surface area contributed by atoms with Gasteiger partial charge in [-0.15, -0.1) is 5.10 Å². The Labute approximate surface area is 184 Å². The molecule has 1 saturated heterocycles. The smallest absolute Gasteiger partial charge is 0.271 e. The average Bonchev–Trinajstić information content (AvgIpc) is 3.01. The molecule has 0 atom stereocenters. The van der Waals surface area contributed by atoms with Crippen LogP contribution in [0, 0.1) is 18.6 Å². The van der Waals surface area contributed by atoms with Crippen molar-refractivity contribution < 1.29 is 17.2 Å². The standard InChI is InChI=1S/C22H22F2N4O3S/c1-16-3-6-18(7-4-16)28-22(29)10-9-21(25-28)26-11-2-12-27(14-13-26)32(30,31)20-8-5-17(23)15-19(20)24/h3-10,15H,2,11-14H2,1H3. The predicted octanol–water partition coefficient (Wildman–Crippen LogP) is 2.72. The molecule has 3 aromatic rings. The van der Waals surface area contributed by atoms with E-state index in [-0.39, 0.29) is 18.6 Å². The summed E-state index contributed by atoms with van der Waals surface area (Å²) in [6, 6.07) is 12.9. The summed E-state index contributed by atoms with van der Waals surface area (Å²) in [7, 11) is -4.11. The van der Waals surface area contributed by atoms with Crippen LogP contribution < -0.4 is 10.5 Å². The fourth-order valence-electron chi connectivity index (χ4n) is 3.63. The molecule has 10 heteroatoms. The number of sulfonamides is 1. The van der Waals surface area contributed by atoms with Crippen molar-refractivity contribution in [3.63, 3.8) is 0 Å². The summed E-state index contributed by atoms with van der Waals surface area (Å²) in [4.78, 5) is 13.7. The zero-order chi connectivity index (χ0) is 22.9. The summed E-state index contributed by atoms with van der Waals surface area (Å²) < 4.78 is 55.6. The van der Waals surface area contributed by atoms with Gasteiger partial charge in [-0.3, -0.25) is 4.79 Å². The van der Waals surface area contributed by atoms with Crippen LogP contribution >= 0.6 is 0 Å². The van der Waals surface area contributed by atoms with Gasteiger partial charge in [0.25, 0.3) is 5.56 Å². The second-order valence-corrected chi connectivity index (χ2v) is 9.50. The second kappa shape index (κ2) is 8.79. The molecular weight excluding hydrogens is 438 g/mol. The zero-order valence-corrected chi connectivity index (χ0v) is 18.2. The quantitative estimate of drug-likeness (QED) is 0.599. The first-order chi connectivity index (χ1) is 15.3. The first-order valence-electron chi connectivity index (χ1n) is 10.1. The number of anilines is 1. The minimum atomic E-state index is -4.11. The molecule has 0 spiro atoms. The van der Waals surface area contributed by atoms with Gasteiger partial charge in [0.1, 0.15) is 22.3 Å². The van der Waals surface area contributed by atoms with E-state index in [1.165, 1.54) is 15.1 Å². The third kappa shape index (κ3) is 4.42. The van der Waals surface area contributed by atoms with Crippen molar-refractivity contribution in [2.45, 2.75) is 18.2 Å². The topological polar surface area (TPSA) is 75.5 Å². The van der Waals surface area contributed by atoms with E-state index in [4.69, 9.17) is 0 Å². The molecule has 2 heterocycles. The van der Waals surface area contributed by atoms with Crippen molar-refractivity contribution in [2.24, 2.45) is 0 Å². The highest BCUT2D eigenvalue weighted by Crippen LogP contribution is 2.22. The van der Waals surface area contributed by atoms with Crippen molar-refractivity contribution in [3.8, 4) is 5.69 Å². The fourth-order valence-corrected chi connectivity index (χ4v) is 5.14. The molecule has 1 fully saturated rings. The van der Waals surface area contributed by atoms with Crippen molar-refractivity contribution >= 4 is 15.8 Å². The van der Waals surface area contributed by atoms with Gasteiger partial charge in [0.15, 0.2) is 0 Å². The maximum Gasteiger partial charge on any atom is 0.271 e. The monoisotopic (exact) mass is 460 g/mol. The molecule has 1 aliphatic heterocycles. The second-order valence-electron chi connectivity index (χ2n) is 7.60. The Morgan fingerprint density at radius 2 is 1.66 bits per heavy atom. The Kier molecular flexibility index (Phi) is 6.07. The van der Waals surface area contributed by atoms with Crippen LogP contribution in [0.5, 0.6) is 0 Å². The number of benzene rings is 2. The van der Waals surface area contributed by atoms with E-state index in [2.05, 4.69) is 5.10 Å². The van der Waals surface area contributed by atoms with E-state index >= 15 is 0 Å². The lowest BCUT2D eigenvalue weighted by Gasteiger charge is -2.23. The molecular formula is C22H22F2N4O3S. The van der Waals surface area contributed by atoms with Gasteiger partial charge in [0, 0.05) is 38.3 Å². The van der Waals surface area contributed by atoms with Gasteiger partial charge in [0.05, 0.1) is 5.69 Å². The zero-order valence-electron chi connectivity index (χ0n) is 17.4. The van der Waals surface area contributed by atoms with Crippen molar-refractivity contribution in [1.29, 1.82) is 0 Å².